The lowest BCUT2D eigenvalue weighted by atomic mass is 10.1. The average molecular weight is 262 g/mol. The number of hydrogen-bond acceptors (Lipinski definition) is 4. The van der Waals surface area contributed by atoms with Gasteiger partial charge in [0.1, 0.15) is 0 Å². The van der Waals surface area contributed by atoms with Crippen LogP contribution in [0.25, 0.3) is 0 Å². The number of hydrogen-bond donors (Lipinski definition) is 1. The molecule has 1 N–H and O–H groups in total. The van der Waals surface area contributed by atoms with E-state index in [9.17, 15) is 19.2 Å². The van der Waals surface area contributed by atoms with Gasteiger partial charge in [0.05, 0.1) is 12.1 Å². The van der Waals surface area contributed by atoms with E-state index in [2.05, 4.69) is 0 Å². The maximum atomic E-state index is 11.7. The van der Waals surface area contributed by atoms with E-state index >= 15 is 0 Å². The Morgan fingerprint density at radius 2 is 1.79 bits per heavy atom. The van der Waals surface area contributed by atoms with Crippen LogP contribution in [0.3, 0.4) is 0 Å². The van der Waals surface area contributed by atoms with Gasteiger partial charge in [-0.15, -0.1) is 0 Å². The molecule has 0 bridgehead atoms. The molecule has 4 amide bonds. The van der Waals surface area contributed by atoms with Crippen molar-refractivity contribution in [2.45, 2.75) is 6.54 Å². The molecule has 98 valence electrons. The highest BCUT2D eigenvalue weighted by Crippen LogP contribution is 2.17. The second kappa shape index (κ2) is 4.52. The van der Waals surface area contributed by atoms with Crippen molar-refractivity contribution in [1.29, 1.82) is 0 Å². The first-order chi connectivity index (χ1) is 8.93. The number of carbonyl (C=O) groups excluding carboxylic acids is 3. The van der Waals surface area contributed by atoms with Crippen molar-refractivity contribution in [2.24, 2.45) is 0 Å². The largest absolute Gasteiger partial charge is 0.478 e. The highest BCUT2D eigenvalue weighted by molar-refractivity contribution is 6.44. The predicted molar refractivity (Wildman–Crippen MR) is 62.1 cm³/mol. The highest BCUT2D eigenvalue weighted by atomic mass is 16.4. The fraction of sp³-hybridized carbons (Fsp3) is 0.167. The molecule has 1 aliphatic rings. The number of urea groups is 1. The maximum Gasteiger partial charge on any atom is 0.336 e. The summed E-state index contributed by atoms with van der Waals surface area (Å²) in [6.07, 6.45) is 0. The molecule has 0 aliphatic carbocycles. The van der Waals surface area contributed by atoms with Gasteiger partial charge >= 0.3 is 23.8 Å². The Labute approximate surface area is 108 Å². The number of amides is 4. The van der Waals surface area contributed by atoms with Crippen LogP contribution >= 0.6 is 0 Å². The zero-order valence-electron chi connectivity index (χ0n) is 9.99. The van der Waals surface area contributed by atoms with Crippen molar-refractivity contribution >= 4 is 23.8 Å². The molecule has 19 heavy (non-hydrogen) atoms. The van der Waals surface area contributed by atoms with Crippen LogP contribution in [-0.2, 0) is 16.1 Å². The van der Waals surface area contributed by atoms with Crippen molar-refractivity contribution in [3.05, 3.63) is 35.4 Å². The number of imide groups is 2. The topological polar surface area (TPSA) is 95.0 Å². The summed E-state index contributed by atoms with van der Waals surface area (Å²) in [4.78, 5) is 47.0. The highest BCUT2D eigenvalue weighted by Gasteiger charge is 2.42. The van der Waals surface area contributed by atoms with Crippen molar-refractivity contribution in [3.63, 3.8) is 0 Å². The van der Waals surface area contributed by atoms with Gasteiger partial charge in [-0.1, -0.05) is 18.2 Å². The van der Waals surface area contributed by atoms with Crippen molar-refractivity contribution in [2.75, 3.05) is 7.05 Å². The zero-order valence-corrected chi connectivity index (χ0v) is 9.99. The van der Waals surface area contributed by atoms with Crippen LogP contribution in [0.2, 0.25) is 0 Å². The first kappa shape index (κ1) is 12.7. The Kier molecular flexibility index (Phi) is 3.04. The minimum absolute atomic E-state index is 0.00916. The van der Waals surface area contributed by atoms with Gasteiger partial charge in [0, 0.05) is 7.05 Å². The van der Waals surface area contributed by atoms with Crippen LogP contribution < -0.4 is 0 Å². The van der Waals surface area contributed by atoms with Crippen molar-refractivity contribution in [3.8, 4) is 0 Å². The zero-order chi connectivity index (χ0) is 14.2. The molecule has 7 heteroatoms. The number of aromatic carboxylic acids is 1. The molecule has 7 nitrogen and oxygen atoms in total. The fourth-order valence-corrected chi connectivity index (χ4v) is 1.79. The van der Waals surface area contributed by atoms with Gasteiger partial charge in [-0.05, 0) is 11.6 Å². The fourth-order valence-electron chi connectivity index (χ4n) is 1.79. The lowest BCUT2D eigenvalue weighted by Gasteiger charge is -2.14. The molecular formula is C12H10N2O5. The summed E-state index contributed by atoms with van der Waals surface area (Å²) in [6.45, 7) is -0.240. The molecule has 2 rings (SSSR count). The van der Waals surface area contributed by atoms with E-state index in [-0.39, 0.29) is 12.1 Å². The van der Waals surface area contributed by atoms with E-state index in [0.29, 0.717) is 10.5 Å². The minimum atomic E-state index is -1.16. The number of nitrogens with zero attached hydrogens (tertiary/aromatic N) is 2. The van der Waals surface area contributed by atoms with Gasteiger partial charge in [0.2, 0.25) is 0 Å². The summed E-state index contributed by atoms with van der Waals surface area (Å²) in [5.74, 6) is -3.03. The average Bonchev–Trinajstić information content (AvgIpc) is 2.57. The van der Waals surface area contributed by atoms with E-state index in [4.69, 9.17) is 5.11 Å². The Bertz CT molecular complexity index is 596. The molecule has 0 radical (unpaired) electrons. The van der Waals surface area contributed by atoms with Crippen LogP contribution in [0, 0.1) is 0 Å². The maximum absolute atomic E-state index is 11.7. The van der Waals surface area contributed by atoms with E-state index in [0.717, 1.165) is 4.90 Å². The number of likely N-dealkylation sites (N-methyl/N-ethyl adjacent to an activating group) is 1. The predicted octanol–water partition coefficient (Wildman–Crippen LogP) is 0.305. The third kappa shape index (κ3) is 2.05. The molecule has 0 aromatic heterocycles. The monoisotopic (exact) mass is 262 g/mol. The molecule has 1 heterocycles. The summed E-state index contributed by atoms with van der Waals surface area (Å²) in [6, 6.07) is 5.24. The van der Waals surface area contributed by atoms with Gasteiger partial charge in [0.25, 0.3) is 0 Å². The third-order valence-electron chi connectivity index (χ3n) is 2.83. The van der Waals surface area contributed by atoms with Gasteiger partial charge in [-0.2, -0.15) is 0 Å². The van der Waals surface area contributed by atoms with Gasteiger partial charge in [-0.3, -0.25) is 19.4 Å². The molecule has 1 aromatic carbocycles. The van der Waals surface area contributed by atoms with Crippen LogP contribution in [0.1, 0.15) is 15.9 Å². The van der Waals surface area contributed by atoms with Gasteiger partial charge in [0.15, 0.2) is 0 Å². The first-order valence-electron chi connectivity index (χ1n) is 5.38. The third-order valence-corrected chi connectivity index (χ3v) is 2.83. The second-order valence-corrected chi connectivity index (χ2v) is 4.00. The number of rotatable bonds is 3. The molecule has 0 atom stereocenters. The summed E-state index contributed by atoms with van der Waals surface area (Å²) < 4.78 is 0. The summed E-state index contributed by atoms with van der Waals surface area (Å²) in [5, 5.41) is 9.01. The van der Waals surface area contributed by atoms with Crippen molar-refractivity contribution in [1.82, 2.24) is 9.80 Å². The summed E-state index contributed by atoms with van der Waals surface area (Å²) in [5.41, 5.74) is 0.282. The van der Waals surface area contributed by atoms with E-state index in [1.54, 1.807) is 6.07 Å². The Hall–Kier alpha value is -2.70. The normalized spacial score (nSPS) is 15.3. The van der Waals surface area contributed by atoms with Crippen LogP contribution in [0.15, 0.2) is 24.3 Å². The molecule has 0 spiro atoms. The molecule has 1 aliphatic heterocycles. The second-order valence-electron chi connectivity index (χ2n) is 4.00. The number of carboxylic acid groups (broad SMARTS) is 1. The quantitative estimate of drug-likeness (QED) is 0.624. The smallest absolute Gasteiger partial charge is 0.336 e. The number of carboxylic acids is 1. The Balaban J connectivity index is 2.32. The molecule has 1 fully saturated rings. The minimum Gasteiger partial charge on any atom is -0.478 e. The SMILES string of the molecule is CN1C(=O)C(=O)N(Cc2ccccc2C(=O)O)C1=O. The van der Waals surface area contributed by atoms with Crippen LogP contribution in [0.4, 0.5) is 4.79 Å². The molecule has 1 saturated heterocycles. The Morgan fingerprint density at radius 3 is 2.32 bits per heavy atom. The van der Waals surface area contributed by atoms with Crippen LogP contribution in [0.5, 0.6) is 0 Å². The first-order valence-corrected chi connectivity index (χ1v) is 5.38. The summed E-state index contributed by atoms with van der Waals surface area (Å²) in [7, 11) is 1.20. The van der Waals surface area contributed by atoms with Gasteiger partial charge in [-0.25, -0.2) is 9.59 Å². The number of carbonyl (C=O) groups is 4. The lowest BCUT2D eigenvalue weighted by molar-refractivity contribution is -0.143. The lowest BCUT2D eigenvalue weighted by Crippen LogP contribution is -2.31. The van der Waals surface area contributed by atoms with E-state index < -0.39 is 23.8 Å². The molecule has 0 saturated carbocycles. The van der Waals surface area contributed by atoms with Crippen LogP contribution in [-0.4, -0.2) is 45.8 Å². The molecule has 1 aromatic rings. The standard InChI is InChI=1S/C12H10N2O5/c1-13-9(15)10(16)14(12(13)19)6-7-4-2-3-5-8(7)11(17)18/h2-5H,6H2,1H3,(H,17,18). The van der Waals surface area contributed by atoms with E-state index in [1.807, 2.05) is 0 Å². The van der Waals surface area contributed by atoms with Crippen molar-refractivity contribution < 1.29 is 24.3 Å². The Morgan fingerprint density at radius 1 is 1.16 bits per heavy atom. The molecular weight excluding hydrogens is 252 g/mol. The van der Waals surface area contributed by atoms with Gasteiger partial charge < -0.3 is 5.11 Å². The summed E-state index contributed by atoms with van der Waals surface area (Å²) >= 11 is 0. The number of benzene rings is 1. The van der Waals surface area contributed by atoms with E-state index in [1.165, 1.54) is 25.2 Å². The molecule has 0 unspecified atom stereocenters.